The molecule has 0 amide bonds. The number of benzene rings is 1. The van der Waals surface area contributed by atoms with Crippen LogP contribution in [0.2, 0.25) is 0 Å². The maximum Gasteiger partial charge on any atom is 0.0718 e. The highest BCUT2D eigenvalue weighted by Crippen LogP contribution is 2.00. The van der Waals surface area contributed by atoms with Gasteiger partial charge in [-0.1, -0.05) is 30.3 Å². The van der Waals surface area contributed by atoms with Crippen molar-refractivity contribution in [2.24, 2.45) is 5.73 Å². The molecule has 0 aromatic heterocycles. The Morgan fingerprint density at radius 3 is 2.31 bits per heavy atom. The van der Waals surface area contributed by atoms with Gasteiger partial charge in [-0.2, -0.15) is 0 Å². The Hall–Kier alpha value is -0.900. The van der Waals surface area contributed by atoms with Gasteiger partial charge >= 0.3 is 0 Å². The Kier molecular flexibility index (Phi) is 5.46. The molecular formula is C13H21NO2. The maximum atomic E-state index is 5.78. The standard InChI is InChI=1S/C13H21NO2/c1-13(2,14)11-16-9-8-15-10-12-6-4-3-5-7-12/h3-7H,8-11,14H2,1-2H3. The van der Waals surface area contributed by atoms with E-state index < -0.39 is 0 Å². The zero-order valence-electron chi connectivity index (χ0n) is 10.1. The lowest BCUT2D eigenvalue weighted by Gasteiger charge is -2.18. The topological polar surface area (TPSA) is 44.5 Å². The molecule has 3 heteroatoms. The number of ether oxygens (including phenoxy) is 2. The molecule has 0 atom stereocenters. The summed E-state index contributed by atoms with van der Waals surface area (Å²) >= 11 is 0. The first-order valence-electron chi connectivity index (χ1n) is 5.56. The number of hydrogen-bond acceptors (Lipinski definition) is 3. The van der Waals surface area contributed by atoms with Crippen molar-refractivity contribution in [1.29, 1.82) is 0 Å². The van der Waals surface area contributed by atoms with Gasteiger partial charge in [-0.05, 0) is 19.4 Å². The third-order valence-electron chi connectivity index (χ3n) is 1.96. The van der Waals surface area contributed by atoms with Crippen molar-refractivity contribution in [3.63, 3.8) is 0 Å². The van der Waals surface area contributed by atoms with Crippen molar-refractivity contribution in [2.75, 3.05) is 19.8 Å². The molecule has 0 aliphatic rings. The van der Waals surface area contributed by atoms with Crippen LogP contribution < -0.4 is 5.73 Å². The smallest absolute Gasteiger partial charge is 0.0718 e. The Morgan fingerprint density at radius 2 is 1.69 bits per heavy atom. The first-order valence-corrected chi connectivity index (χ1v) is 5.56. The van der Waals surface area contributed by atoms with Crippen LogP contribution >= 0.6 is 0 Å². The second kappa shape index (κ2) is 6.63. The highest BCUT2D eigenvalue weighted by Gasteiger charge is 2.09. The predicted octanol–water partition coefficient (Wildman–Crippen LogP) is 1.96. The van der Waals surface area contributed by atoms with E-state index in [2.05, 4.69) is 0 Å². The first kappa shape index (κ1) is 13.2. The van der Waals surface area contributed by atoms with Gasteiger partial charge in [-0.25, -0.2) is 0 Å². The summed E-state index contributed by atoms with van der Waals surface area (Å²) in [6.07, 6.45) is 0. The van der Waals surface area contributed by atoms with Gasteiger partial charge in [-0.3, -0.25) is 0 Å². The molecule has 1 aromatic carbocycles. The van der Waals surface area contributed by atoms with Gasteiger partial charge in [0.05, 0.1) is 26.4 Å². The number of rotatable bonds is 7. The molecule has 0 bridgehead atoms. The van der Waals surface area contributed by atoms with Crippen LogP contribution in [0.3, 0.4) is 0 Å². The van der Waals surface area contributed by atoms with Crippen molar-refractivity contribution in [3.05, 3.63) is 35.9 Å². The minimum Gasteiger partial charge on any atom is -0.377 e. The summed E-state index contributed by atoms with van der Waals surface area (Å²) < 4.78 is 10.9. The fraction of sp³-hybridized carbons (Fsp3) is 0.538. The van der Waals surface area contributed by atoms with Crippen LogP contribution in [0.25, 0.3) is 0 Å². The predicted molar refractivity (Wildman–Crippen MR) is 65.2 cm³/mol. The molecule has 0 saturated carbocycles. The van der Waals surface area contributed by atoms with Crippen molar-refractivity contribution >= 4 is 0 Å². The van der Waals surface area contributed by atoms with Gasteiger partial charge < -0.3 is 15.2 Å². The molecule has 0 aliphatic carbocycles. The van der Waals surface area contributed by atoms with Crippen LogP contribution in [0.4, 0.5) is 0 Å². The monoisotopic (exact) mass is 223 g/mol. The van der Waals surface area contributed by atoms with Gasteiger partial charge in [0.2, 0.25) is 0 Å². The number of hydrogen-bond donors (Lipinski definition) is 1. The summed E-state index contributed by atoms with van der Waals surface area (Å²) in [5.74, 6) is 0. The third kappa shape index (κ3) is 6.56. The van der Waals surface area contributed by atoms with E-state index >= 15 is 0 Å². The first-order chi connectivity index (χ1) is 7.58. The van der Waals surface area contributed by atoms with Crippen molar-refractivity contribution in [3.8, 4) is 0 Å². The molecule has 0 radical (unpaired) electrons. The van der Waals surface area contributed by atoms with E-state index in [9.17, 15) is 0 Å². The van der Waals surface area contributed by atoms with Gasteiger partial charge in [-0.15, -0.1) is 0 Å². The summed E-state index contributed by atoms with van der Waals surface area (Å²) in [4.78, 5) is 0. The molecule has 90 valence electrons. The zero-order chi connectivity index (χ0) is 11.9. The molecular weight excluding hydrogens is 202 g/mol. The SMILES string of the molecule is CC(C)(N)COCCOCc1ccccc1. The van der Waals surface area contributed by atoms with Gasteiger partial charge in [0, 0.05) is 5.54 Å². The van der Waals surface area contributed by atoms with Crippen LogP contribution in [0.1, 0.15) is 19.4 Å². The fourth-order valence-electron chi connectivity index (χ4n) is 1.22. The Labute approximate surface area is 97.6 Å². The molecule has 0 unspecified atom stereocenters. The van der Waals surface area contributed by atoms with Crippen molar-refractivity contribution in [1.82, 2.24) is 0 Å². The molecule has 3 nitrogen and oxygen atoms in total. The average Bonchev–Trinajstić information content (AvgIpc) is 2.23. The van der Waals surface area contributed by atoms with E-state index in [0.29, 0.717) is 26.4 Å². The highest BCUT2D eigenvalue weighted by atomic mass is 16.5. The molecule has 0 aliphatic heterocycles. The van der Waals surface area contributed by atoms with Gasteiger partial charge in [0.1, 0.15) is 0 Å². The molecule has 16 heavy (non-hydrogen) atoms. The summed E-state index contributed by atoms with van der Waals surface area (Å²) in [6, 6.07) is 10.1. The molecule has 0 spiro atoms. The van der Waals surface area contributed by atoms with Crippen LogP contribution in [-0.2, 0) is 16.1 Å². The summed E-state index contributed by atoms with van der Waals surface area (Å²) in [7, 11) is 0. The van der Waals surface area contributed by atoms with Crippen molar-refractivity contribution in [2.45, 2.75) is 26.0 Å². The minimum atomic E-state index is -0.264. The van der Waals surface area contributed by atoms with Crippen LogP contribution in [-0.4, -0.2) is 25.4 Å². The van der Waals surface area contributed by atoms with Crippen LogP contribution in [0.15, 0.2) is 30.3 Å². The molecule has 0 saturated heterocycles. The largest absolute Gasteiger partial charge is 0.377 e. The van der Waals surface area contributed by atoms with E-state index in [1.807, 2.05) is 44.2 Å². The zero-order valence-corrected chi connectivity index (χ0v) is 10.1. The second-order valence-electron chi connectivity index (χ2n) is 4.58. The van der Waals surface area contributed by atoms with Gasteiger partial charge in [0.15, 0.2) is 0 Å². The summed E-state index contributed by atoms with van der Waals surface area (Å²) in [5, 5.41) is 0. The third-order valence-corrected chi connectivity index (χ3v) is 1.96. The molecule has 1 rings (SSSR count). The molecule has 2 N–H and O–H groups in total. The Balaban J connectivity index is 2.01. The van der Waals surface area contributed by atoms with E-state index in [1.165, 1.54) is 5.56 Å². The van der Waals surface area contributed by atoms with E-state index in [1.54, 1.807) is 0 Å². The van der Waals surface area contributed by atoms with Crippen molar-refractivity contribution < 1.29 is 9.47 Å². The second-order valence-corrected chi connectivity index (χ2v) is 4.58. The quantitative estimate of drug-likeness (QED) is 0.719. The fourth-order valence-corrected chi connectivity index (χ4v) is 1.22. The Bertz CT molecular complexity index is 280. The van der Waals surface area contributed by atoms with E-state index in [0.717, 1.165) is 0 Å². The van der Waals surface area contributed by atoms with E-state index in [4.69, 9.17) is 15.2 Å². The lowest BCUT2D eigenvalue weighted by Crippen LogP contribution is -2.37. The average molecular weight is 223 g/mol. The normalized spacial score (nSPS) is 11.7. The molecule has 0 fully saturated rings. The summed E-state index contributed by atoms with van der Waals surface area (Å²) in [5.41, 5.74) is 6.69. The Morgan fingerprint density at radius 1 is 1.06 bits per heavy atom. The van der Waals surface area contributed by atoms with Crippen LogP contribution in [0, 0.1) is 0 Å². The summed E-state index contributed by atoms with van der Waals surface area (Å²) in [6.45, 7) is 6.27. The van der Waals surface area contributed by atoms with Crippen LogP contribution in [0.5, 0.6) is 0 Å². The van der Waals surface area contributed by atoms with Gasteiger partial charge in [0.25, 0.3) is 0 Å². The number of nitrogens with two attached hydrogens (primary N) is 1. The molecule has 0 heterocycles. The van der Waals surface area contributed by atoms with E-state index in [-0.39, 0.29) is 5.54 Å². The maximum absolute atomic E-state index is 5.78. The molecule has 1 aromatic rings. The lowest BCUT2D eigenvalue weighted by molar-refractivity contribution is 0.0267. The minimum absolute atomic E-state index is 0.264. The lowest BCUT2D eigenvalue weighted by atomic mass is 10.1. The highest BCUT2D eigenvalue weighted by molar-refractivity contribution is 5.13.